The molecule has 0 saturated carbocycles. The molecule has 113 valence electrons. The van der Waals surface area contributed by atoms with Crippen LogP contribution >= 0.6 is 0 Å². The zero-order valence-corrected chi connectivity index (χ0v) is 10.7. The Morgan fingerprint density at radius 1 is 1.05 bits per heavy atom. The van der Waals surface area contributed by atoms with E-state index in [4.69, 9.17) is 35.4 Å². The maximum Gasteiger partial charge on any atom is 2.00 e. The van der Waals surface area contributed by atoms with Crippen LogP contribution in [0.1, 0.15) is 0 Å². The Labute approximate surface area is 118 Å². The van der Waals surface area contributed by atoms with Gasteiger partial charge < -0.3 is 51.1 Å². The first-order valence-corrected chi connectivity index (χ1v) is 4.62. The molecule has 0 fully saturated rings. The molecule has 7 N–H and O–H groups in total. The van der Waals surface area contributed by atoms with Gasteiger partial charge in [0.25, 0.3) is 0 Å². The van der Waals surface area contributed by atoms with Crippen molar-refractivity contribution in [2.45, 2.75) is 24.4 Å². The van der Waals surface area contributed by atoms with Gasteiger partial charge in [0.2, 0.25) is 0 Å². The van der Waals surface area contributed by atoms with Gasteiger partial charge in [0.1, 0.15) is 24.4 Å². The second kappa shape index (κ2) is 12.3. The van der Waals surface area contributed by atoms with E-state index in [-0.39, 0.29) is 23.6 Å². The number of aliphatic carboxylic acids is 2. The zero-order valence-electron chi connectivity index (χ0n) is 9.55. The van der Waals surface area contributed by atoms with Crippen molar-refractivity contribution < 1.29 is 62.4 Å². The molecule has 0 bridgehead atoms. The Hall–Kier alpha value is -0.781. The van der Waals surface area contributed by atoms with E-state index in [0.717, 1.165) is 0 Å². The molecule has 0 aromatic carbocycles. The van der Waals surface area contributed by atoms with Crippen LogP contribution in [0.5, 0.6) is 0 Å². The molecule has 19 heavy (non-hydrogen) atoms. The van der Waals surface area contributed by atoms with Gasteiger partial charge in [0.05, 0.1) is 18.5 Å². The van der Waals surface area contributed by atoms with Crippen LogP contribution in [0.4, 0.5) is 0 Å². The second-order valence-electron chi connectivity index (χ2n) is 3.07. The maximum absolute atomic E-state index is 9.98. The molecule has 0 spiro atoms. The molecule has 1 radical (unpaired) electrons. The summed E-state index contributed by atoms with van der Waals surface area (Å²) >= 11 is 0. The predicted molar refractivity (Wildman–Crippen MR) is 50.2 cm³/mol. The minimum absolute atomic E-state index is 0. The number of carbonyl (C=O) groups excluding carboxylic acids is 2. The first kappa shape index (κ1) is 23.3. The van der Waals surface area contributed by atoms with E-state index in [1.54, 1.807) is 0 Å². The first-order chi connectivity index (χ1) is 8.18. The van der Waals surface area contributed by atoms with Crippen LogP contribution in [0.3, 0.4) is 0 Å². The average molecular weight is 324 g/mol. The van der Waals surface area contributed by atoms with Gasteiger partial charge in [-0.25, -0.2) is 0 Å². The van der Waals surface area contributed by atoms with Crippen LogP contribution < -0.4 is 15.9 Å². The van der Waals surface area contributed by atoms with E-state index in [1.807, 2.05) is 0 Å². The van der Waals surface area contributed by atoms with E-state index >= 15 is 0 Å². The number of hydrogen-bond donors (Lipinski definition) is 6. The van der Waals surface area contributed by atoms with Crippen LogP contribution in [0.25, 0.3) is 0 Å². The number of aliphatic hydroxyl groups is 5. The van der Waals surface area contributed by atoms with E-state index in [2.05, 4.69) is 5.73 Å². The molecule has 0 aromatic rings. The summed E-state index contributed by atoms with van der Waals surface area (Å²) in [6, 6.07) is 0. The minimum Gasteiger partial charge on any atom is -0.549 e. The fourth-order valence-corrected chi connectivity index (χ4v) is 0.662. The van der Waals surface area contributed by atoms with Crippen LogP contribution in [0.2, 0.25) is 0 Å². The molecule has 0 saturated heterocycles. The minimum atomic E-state index is -2.31. The molecule has 10 nitrogen and oxygen atoms in total. The van der Waals surface area contributed by atoms with Gasteiger partial charge in [0, 0.05) is 6.54 Å². The number of aliphatic hydroxyl groups excluding tert-OH is 5. The topological polar surface area (TPSA) is 207 Å². The third kappa shape index (κ3) is 10.8. The molecule has 0 aromatic heterocycles. The van der Waals surface area contributed by atoms with Gasteiger partial charge >= 0.3 is 17.1 Å². The van der Waals surface area contributed by atoms with E-state index in [0.29, 0.717) is 0 Å². The molecule has 0 aliphatic rings. The first-order valence-electron chi connectivity index (χ1n) is 4.62. The Bertz CT molecular complexity index is 265. The van der Waals surface area contributed by atoms with Crippen LogP contribution in [-0.2, 0) is 26.7 Å². The number of carbonyl (C=O) groups is 2. The van der Waals surface area contributed by atoms with Gasteiger partial charge in [0.15, 0.2) is 0 Å². The number of carboxylic acid groups (broad SMARTS) is 2. The number of carboxylic acids is 2. The van der Waals surface area contributed by atoms with Gasteiger partial charge in [-0.2, -0.15) is 0 Å². The van der Waals surface area contributed by atoms with E-state index in [9.17, 15) is 9.90 Å². The van der Waals surface area contributed by atoms with E-state index < -0.39 is 43.0 Å². The molecule has 0 aliphatic heterocycles. The summed E-state index contributed by atoms with van der Waals surface area (Å²) in [6.07, 6.45) is -8.08. The Balaban J connectivity index is -0.000000366. The standard InChI is InChI=1S/C6H12O7.C2H5NO2.Mn/c7-1-2(8)3(9)4(10)5(11)6(12)13;3-1-2(4)5;/h2-5,7-11H,1H2,(H,12,13);1,3H2,(H,4,5);/q;;+2/p-2/t2-,3-,4+,5-;;/m1../s1. The Morgan fingerprint density at radius 3 is 1.63 bits per heavy atom. The van der Waals surface area contributed by atoms with Gasteiger partial charge in [-0.1, -0.05) is 0 Å². The Morgan fingerprint density at radius 2 is 1.42 bits per heavy atom. The molecule has 11 heteroatoms. The van der Waals surface area contributed by atoms with Crippen molar-refractivity contribution in [1.82, 2.24) is 0 Å². The molecule has 0 heterocycles. The Kier molecular flexibility index (Phi) is 15.1. The quantitative estimate of drug-likeness (QED) is 0.254. The number of nitrogens with two attached hydrogens (primary N) is 1. The maximum atomic E-state index is 9.98. The molecular formula is C8H15MnNO9. The fourth-order valence-electron chi connectivity index (χ4n) is 0.662. The van der Waals surface area contributed by atoms with Crippen LogP contribution in [0.15, 0.2) is 0 Å². The molecular weight excluding hydrogens is 309 g/mol. The normalized spacial score (nSPS) is 15.9. The third-order valence-electron chi connectivity index (χ3n) is 1.66. The summed E-state index contributed by atoms with van der Waals surface area (Å²) in [5, 5.41) is 62.6. The van der Waals surface area contributed by atoms with Gasteiger partial charge in [-0.05, 0) is 0 Å². The van der Waals surface area contributed by atoms with Crippen molar-refractivity contribution in [2.75, 3.05) is 13.2 Å². The molecule has 0 amide bonds. The van der Waals surface area contributed by atoms with Crippen molar-refractivity contribution in [3.05, 3.63) is 0 Å². The van der Waals surface area contributed by atoms with Crippen LogP contribution in [0, 0.1) is 0 Å². The second-order valence-corrected chi connectivity index (χ2v) is 3.07. The fraction of sp³-hybridized carbons (Fsp3) is 0.750. The largest absolute Gasteiger partial charge is 2.00 e. The smallest absolute Gasteiger partial charge is 0.549 e. The summed E-state index contributed by atoms with van der Waals surface area (Å²) in [6.45, 7) is -1.25. The molecule has 0 unspecified atom stereocenters. The van der Waals surface area contributed by atoms with Crippen molar-refractivity contribution in [1.29, 1.82) is 0 Å². The van der Waals surface area contributed by atoms with Crippen LogP contribution in [-0.4, -0.2) is 75.0 Å². The number of rotatable bonds is 6. The molecule has 0 rings (SSSR count). The van der Waals surface area contributed by atoms with Crippen molar-refractivity contribution in [3.8, 4) is 0 Å². The summed E-state index contributed by atoms with van der Waals surface area (Å²) < 4.78 is 0. The molecule has 4 atom stereocenters. The van der Waals surface area contributed by atoms with Crippen molar-refractivity contribution >= 4 is 11.9 Å². The van der Waals surface area contributed by atoms with Gasteiger partial charge in [-0.3, -0.25) is 0 Å². The predicted octanol–water partition coefficient (Wildman–Crippen LogP) is -7.14. The number of hydrogen-bond acceptors (Lipinski definition) is 10. The summed E-state index contributed by atoms with van der Waals surface area (Å²) in [4.78, 5) is 19.1. The van der Waals surface area contributed by atoms with Crippen molar-refractivity contribution in [3.63, 3.8) is 0 Å². The van der Waals surface area contributed by atoms with E-state index in [1.165, 1.54) is 0 Å². The SMILES string of the molecule is NCC(=O)[O-].O=C([O-])[C@H](O)[C@@H](O)[C@H](O)[C@H](O)CO.[Mn+2]. The van der Waals surface area contributed by atoms with Crippen molar-refractivity contribution in [2.24, 2.45) is 5.73 Å². The van der Waals surface area contributed by atoms with Gasteiger partial charge in [-0.15, -0.1) is 0 Å². The summed E-state index contributed by atoms with van der Waals surface area (Å²) in [5.41, 5.74) is 4.51. The summed E-state index contributed by atoms with van der Waals surface area (Å²) in [7, 11) is 0. The summed E-state index contributed by atoms with van der Waals surface area (Å²) in [5.74, 6) is -3.19. The average Bonchev–Trinajstić information content (AvgIpc) is 2.35. The third-order valence-corrected chi connectivity index (χ3v) is 1.66. The molecule has 0 aliphatic carbocycles. The monoisotopic (exact) mass is 324 g/mol. The zero-order chi connectivity index (χ0) is 14.9.